The number of rotatable bonds is 43. The highest BCUT2D eigenvalue weighted by atomic mass is 31.2. The number of nitrogens with one attached hydrogen (secondary N) is 2. The van der Waals surface area contributed by atoms with Crippen molar-refractivity contribution in [3.63, 3.8) is 0 Å². The van der Waals surface area contributed by atoms with Gasteiger partial charge in [0.1, 0.15) is 12.1 Å². The SMILES string of the molecule is C=CCOP(=O)(OCCN)OC[C@H](NC(=O)CCCCCCCCCCCCC)C(=O)NCC[C@@H](CCCCCCC)OC(=O)CCCCCCCCCCC. The summed E-state index contributed by atoms with van der Waals surface area (Å²) in [5, 5.41) is 5.66. The highest BCUT2D eigenvalue weighted by Crippen LogP contribution is 2.49. The predicted octanol–water partition coefficient (Wildman–Crippen LogP) is 11.2. The second-order valence-electron chi connectivity index (χ2n) is 15.3. The van der Waals surface area contributed by atoms with E-state index in [0.29, 0.717) is 19.3 Å². The Bertz CT molecular complexity index is 1000. The van der Waals surface area contributed by atoms with Gasteiger partial charge in [0.15, 0.2) is 0 Å². The minimum atomic E-state index is -4.08. The molecule has 0 aromatic carbocycles. The minimum Gasteiger partial charge on any atom is -0.462 e. The third kappa shape index (κ3) is 34.3. The van der Waals surface area contributed by atoms with Crippen LogP contribution in [0.5, 0.6) is 0 Å². The van der Waals surface area contributed by atoms with E-state index in [4.69, 9.17) is 24.0 Å². The van der Waals surface area contributed by atoms with E-state index in [9.17, 15) is 18.9 Å². The molecule has 0 rings (SSSR count). The van der Waals surface area contributed by atoms with Crippen LogP contribution in [0.15, 0.2) is 12.7 Å². The fourth-order valence-electron chi connectivity index (χ4n) is 6.53. The average molecular weight is 816 g/mol. The molecular formula is C44H86N3O8P. The molecule has 0 aromatic heterocycles. The zero-order valence-electron chi connectivity index (χ0n) is 36.3. The van der Waals surface area contributed by atoms with Gasteiger partial charge in [-0.05, 0) is 25.7 Å². The van der Waals surface area contributed by atoms with E-state index in [1.165, 1.54) is 96.0 Å². The molecule has 0 saturated carbocycles. The van der Waals surface area contributed by atoms with Crippen LogP contribution in [0.25, 0.3) is 0 Å². The van der Waals surface area contributed by atoms with Crippen LogP contribution < -0.4 is 16.4 Å². The highest BCUT2D eigenvalue weighted by molar-refractivity contribution is 7.48. The summed E-state index contributed by atoms with van der Waals surface area (Å²) in [6, 6.07) is -1.14. The number of amides is 2. The van der Waals surface area contributed by atoms with Crippen molar-refractivity contribution in [3.05, 3.63) is 12.7 Å². The van der Waals surface area contributed by atoms with Crippen molar-refractivity contribution in [2.45, 2.75) is 219 Å². The lowest BCUT2D eigenvalue weighted by Gasteiger charge is -2.23. The number of hydrogen-bond donors (Lipinski definition) is 3. The van der Waals surface area contributed by atoms with Gasteiger partial charge in [0.25, 0.3) is 0 Å². The number of unbranched alkanes of at least 4 members (excludes halogenated alkanes) is 22. The molecule has 0 aromatic rings. The van der Waals surface area contributed by atoms with Crippen molar-refractivity contribution in [2.24, 2.45) is 5.73 Å². The van der Waals surface area contributed by atoms with Crippen LogP contribution in [0.3, 0.4) is 0 Å². The van der Waals surface area contributed by atoms with E-state index in [1.54, 1.807) is 0 Å². The molecule has 56 heavy (non-hydrogen) atoms. The molecule has 11 nitrogen and oxygen atoms in total. The van der Waals surface area contributed by atoms with Crippen LogP contribution in [0.1, 0.15) is 207 Å². The molecular weight excluding hydrogens is 729 g/mol. The number of esters is 1. The van der Waals surface area contributed by atoms with Gasteiger partial charge in [-0.2, -0.15) is 0 Å². The van der Waals surface area contributed by atoms with Crippen molar-refractivity contribution < 1.29 is 37.3 Å². The number of phosphoric acid groups is 1. The Morgan fingerprint density at radius 1 is 0.643 bits per heavy atom. The maximum atomic E-state index is 13.5. The normalized spacial score (nSPS) is 13.5. The van der Waals surface area contributed by atoms with Crippen molar-refractivity contribution in [2.75, 3.05) is 32.9 Å². The first-order valence-electron chi connectivity index (χ1n) is 22.9. The van der Waals surface area contributed by atoms with Gasteiger partial charge in [-0.15, -0.1) is 6.58 Å². The molecule has 0 aliphatic rings. The fourth-order valence-corrected chi connectivity index (χ4v) is 7.70. The van der Waals surface area contributed by atoms with Gasteiger partial charge in [-0.1, -0.05) is 168 Å². The van der Waals surface area contributed by atoms with Gasteiger partial charge in [0.2, 0.25) is 11.8 Å². The summed E-state index contributed by atoms with van der Waals surface area (Å²) in [4.78, 5) is 39.3. The van der Waals surface area contributed by atoms with Crippen LogP contribution >= 0.6 is 7.82 Å². The molecule has 4 N–H and O–H groups in total. The Balaban J connectivity index is 5.18. The van der Waals surface area contributed by atoms with E-state index in [2.05, 4.69) is 38.0 Å². The van der Waals surface area contributed by atoms with Crippen molar-refractivity contribution in [1.82, 2.24) is 10.6 Å². The zero-order chi connectivity index (χ0) is 41.4. The molecule has 0 aliphatic heterocycles. The van der Waals surface area contributed by atoms with E-state index in [-0.39, 0.29) is 50.7 Å². The molecule has 0 bridgehead atoms. The minimum absolute atomic E-state index is 0.0752. The van der Waals surface area contributed by atoms with Crippen LogP contribution in [-0.4, -0.2) is 62.8 Å². The predicted molar refractivity (Wildman–Crippen MR) is 230 cm³/mol. The second kappa shape index (κ2) is 40.0. The van der Waals surface area contributed by atoms with E-state index in [1.807, 2.05) is 0 Å². The van der Waals surface area contributed by atoms with Crippen LogP contribution in [0, 0.1) is 0 Å². The maximum Gasteiger partial charge on any atom is 0.475 e. The number of phosphoric ester groups is 1. The Morgan fingerprint density at radius 2 is 1.12 bits per heavy atom. The van der Waals surface area contributed by atoms with E-state index in [0.717, 1.165) is 70.6 Å². The molecule has 1 unspecified atom stereocenters. The summed E-state index contributed by atoms with van der Waals surface area (Å²) in [5.74, 6) is -0.967. The largest absolute Gasteiger partial charge is 0.475 e. The number of hydrogen-bond acceptors (Lipinski definition) is 9. The van der Waals surface area contributed by atoms with E-state index < -0.39 is 26.4 Å². The summed E-state index contributed by atoms with van der Waals surface area (Å²) in [6.45, 7) is 9.95. The monoisotopic (exact) mass is 816 g/mol. The van der Waals surface area contributed by atoms with Gasteiger partial charge in [0, 0.05) is 32.4 Å². The third-order valence-corrected chi connectivity index (χ3v) is 11.4. The number of carbonyl (C=O) groups is 3. The summed E-state index contributed by atoms with van der Waals surface area (Å²) < 4.78 is 35.3. The Morgan fingerprint density at radius 3 is 1.62 bits per heavy atom. The molecule has 0 spiro atoms. The molecule has 0 saturated heterocycles. The topological polar surface area (TPSA) is 155 Å². The number of ether oxygens (including phenoxy) is 1. The smallest absolute Gasteiger partial charge is 0.462 e. The van der Waals surface area contributed by atoms with Gasteiger partial charge < -0.3 is 21.1 Å². The van der Waals surface area contributed by atoms with Gasteiger partial charge >= 0.3 is 13.8 Å². The molecule has 330 valence electrons. The first kappa shape index (κ1) is 54.2. The second-order valence-corrected chi connectivity index (χ2v) is 17.0. The lowest BCUT2D eigenvalue weighted by molar-refractivity contribution is -0.150. The van der Waals surface area contributed by atoms with Crippen molar-refractivity contribution >= 4 is 25.6 Å². The molecule has 0 radical (unpaired) electrons. The highest BCUT2D eigenvalue weighted by Gasteiger charge is 2.31. The van der Waals surface area contributed by atoms with Crippen LogP contribution in [-0.2, 0) is 37.3 Å². The molecule has 3 atom stereocenters. The summed E-state index contributed by atoms with van der Waals surface area (Å²) in [6.07, 6.45) is 31.9. The summed E-state index contributed by atoms with van der Waals surface area (Å²) in [7, 11) is -4.08. The molecule has 0 fully saturated rings. The van der Waals surface area contributed by atoms with Gasteiger partial charge in [0.05, 0.1) is 19.8 Å². The van der Waals surface area contributed by atoms with Crippen molar-refractivity contribution in [3.8, 4) is 0 Å². The Hall–Kier alpha value is -1.78. The Labute approximate surface area is 343 Å². The van der Waals surface area contributed by atoms with Crippen LogP contribution in [0.2, 0.25) is 0 Å². The fraction of sp³-hybridized carbons (Fsp3) is 0.886. The lowest BCUT2D eigenvalue weighted by Crippen LogP contribution is -2.49. The number of carbonyl (C=O) groups excluding carboxylic acids is 3. The first-order valence-corrected chi connectivity index (χ1v) is 24.3. The molecule has 0 aliphatic carbocycles. The summed E-state index contributed by atoms with van der Waals surface area (Å²) in [5.41, 5.74) is 5.54. The van der Waals surface area contributed by atoms with Crippen molar-refractivity contribution in [1.29, 1.82) is 0 Å². The Kier molecular flexibility index (Phi) is 38.7. The standard InChI is InChI=1S/C44H86N3O8P/c1-5-9-12-15-17-19-20-22-23-26-29-32-42(48)47-41(39-54-56(51,52-37-8-4)53-38-35-45)44(50)46-36-34-40(31-28-25-14-11-7-3)55-43(49)33-30-27-24-21-18-16-13-10-6-2/h8,40-41H,4-7,9-39,45H2,1-3H3,(H,46,50)(H,47,48)/t40-,41+,56?/m1/s1. The first-order chi connectivity index (χ1) is 27.2. The number of nitrogens with two attached hydrogens (primary N) is 1. The van der Waals surface area contributed by atoms with Gasteiger partial charge in [-0.3, -0.25) is 28.0 Å². The molecule has 12 heteroatoms. The molecule has 0 heterocycles. The molecule has 2 amide bonds. The van der Waals surface area contributed by atoms with E-state index >= 15 is 0 Å². The summed E-state index contributed by atoms with van der Waals surface area (Å²) >= 11 is 0. The quantitative estimate of drug-likeness (QED) is 0.0236. The average Bonchev–Trinajstić information content (AvgIpc) is 3.19. The lowest BCUT2D eigenvalue weighted by atomic mass is 10.1. The van der Waals surface area contributed by atoms with Crippen LogP contribution in [0.4, 0.5) is 0 Å². The third-order valence-electron chi connectivity index (χ3n) is 9.95. The zero-order valence-corrected chi connectivity index (χ0v) is 37.2. The maximum absolute atomic E-state index is 13.5. The van der Waals surface area contributed by atoms with Gasteiger partial charge in [-0.25, -0.2) is 4.57 Å².